The molecule has 40 heavy (non-hydrogen) atoms. The average Bonchev–Trinajstić information content (AvgIpc) is 3.58. The van der Waals surface area contributed by atoms with E-state index in [1.807, 2.05) is 0 Å². The number of nitrogens with two attached hydrogens (primary N) is 1. The van der Waals surface area contributed by atoms with Crippen molar-refractivity contribution in [3.05, 3.63) is 12.2 Å². The molecule has 3 saturated heterocycles. The molecule has 4 fully saturated rings. The predicted octanol–water partition coefficient (Wildman–Crippen LogP) is -1.61. The molecule has 3 amide bonds. The third-order valence-corrected chi connectivity index (χ3v) is 7.60. The van der Waals surface area contributed by atoms with Gasteiger partial charge in [0, 0.05) is 25.6 Å². The fraction of sp³-hybridized carbons (Fsp3) is 0.600. The minimum absolute atomic E-state index is 0.0768. The van der Waals surface area contributed by atoms with Gasteiger partial charge in [0.1, 0.15) is 17.7 Å². The van der Waals surface area contributed by atoms with E-state index in [0.717, 1.165) is 25.7 Å². The lowest BCUT2D eigenvalue weighted by atomic mass is 9.94. The first-order chi connectivity index (χ1) is 19.3. The van der Waals surface area contributed by atoms with E-state index >= 15 is 0 Å². The summed E-state index contributed by atoms with van der Waals surface area (Å²) in [6.07, 6.45) is -1.18. The molecule has 0 bridgehead atoms. The van der Waals surface area contributed by atoms with Gasteiger partial charge in [-0.05, 0) is 37.5 Å². The number of amides is 3. The number of nitrogen functional groups attached to an aromatic ring is 1. The molecule has 1 aliphatic carbocycles. The van der Waals surface area contributed by atoms with Gasteiger partial charge in [-0.3, -0.25) is 14.2 Å². The molecule has 15 nitrogen and oxygen atoms in total. The lowest BCUT2D eigenvalue weighted by Crippen LogP contribution is -2.56. The summed E-state index contributed by atoms with van der Waals surface area (Å²) in [6.45, 7) is 1.39. The molecule has 2 aromatic rings. The molecule has 0 radical (unpaired) electrons. The quantitative estimate of drug-likeness (QED) is 0.210. The van der Waals surface area contributed by atoms with Crippen molar-refractivity contribution in [1.82, 2.24) is 35.1 Å². The molecule has 3 aliphatic heterocycles. The van der Waals surface area contributed by atoms with Gasteiger partial charge in [-0.25, -0.2) is 19.7 Å². The highest BCUT2D eigenvalue weighted by molar-refractivity contribution is 5.88. The number of carbonyl (C=O) groups excluding carboxylic acids is 3. The highest BCUT2D eigenvalue weighted by Crippen LogP contribution is 2.33. The van der Waals surface area contributed by atoms with Crippen molar-refractivity contribution in [2.45, 2.75) is 68.8 Å². The molecule has 212 valence electrons. The van der Waals surface area contributed by atoms with Gasteiger partial charge >= 0.3 is 6.09 Å². The number of ether oxygens (including phenoxy) is 2. The summed E-state index contributed by atoms with van der Waals surface area (Å²) in [6, 6.07) is 0.0768. The largest absolute Gasteiger partial charge is 0.434 e. The van der Waals surface area contributed by atoms with Crippen molar-refractivity contribution in [3.8, 4) is 11.8 Å². The molecule has 6 N–H and O–H groups in total. The number of fused-ring (bicyclic) bond motifs is 1. The van der Waals surface area contributed by atoms with Gasteiger partial charge in [0.25, 0.3) is 11.8 Å². The average molecular weight is 555 g/mol. The van der Waals surface area contributed by atoms with Crippen LogP contribution in [0.5, 0.6) is 0 Å². The first-order valence-electron chi connectivity index (χ1n) is 13.3. The Morgan fingerprint density at radius 3 is 2.65 bits per heavy atom. The van der Waals surface area contributed by atoms with Crippen molar-refractivity contribution in [2.24, 2.45) is 5.92 Å². The van der Waals surface area contributed by atoms with E-state index in [2.05, 4.69) is 37.4 Å². The van der Waals surface area contributed by atoms with Crippen LogP contribution >= 0.6 is 0 Å². The van der Waals surface area contributed by atoms with Gasteiger partial charge in [0.2, 0.25) is 5.82 Å². The van der Waals surface area contributed by atoms with Crippen LogP contribution in [-0.2, 0) is 19.1 Å². The topological polar surface area (TPSA) is 207 Å². The summed E-state index contributed by atoms with van der Waals surface area (Å²) < 4.78 is 12.4. The van der Waals surface area contributed by atoms with Crippen LogP contribution in [0.2, 0.25) is 0 Å². The van der Waals surface area contributed by atoms with Crippen LogP contribution in [0.3, 0.4) is 0 Å². The fourth-order valence-corrected chi connectivity index (χ4v) is 4.95. The maximum absolute atomic E-state index is 12.5. The molecular formula is C25H30N8O7. The number of piperidine rings is 1. The van der Waals surface area contributed by atoms with Crippen molar-refractivity contribution in [3.63, 3.8) is 0 Å². The Labute approximate surface area is 228 Å². The molecule has 2 aromatic heterocycles. The number of aliphatic hydroxyl groups excluding tert-OH is 2. The second-order valence-corrected chi connectivity index (χ2v) is 10.5. The number of hydrogen-bond donors (Lipinski definition) is 5. The Morgan fingerprint density at radius 1 is 1.20 bits per heavy atom. The van der Waals surface area contributed by atoms with E-state index in [0.29, 0.717) is 26.1 Å². The Balaban J connectivity index is 1.09. The molecular weight excluding hydrogens is 524 g/mol. The van der Waals surface area contributed by atoms with E-state index in [-0.39, 0.29) is 40.7 Å². The monoisotopic (exact) mass is 554 g/mol. The van der Waals surface area contributed by atoms with E-state index in [1.165, 1.54) is 10.9 Å². The highest BCUT2D eigenvalue weighted by atomic mass is 16.6. The molecule has 5 atom stereocenters. The van der Waals surface area contributed by atoms with E-state index < -0.39 is 42.6 Å². The lowest BCUT2D eigenvalue weighted by Gasteiger charge is -2.33. The van der Waals surface area contributed by atoms with Crippen LogP contribution in [-0.4, -0.2) is 103 Å². The van der Waals surface area contributed by atoms with Gasteiger partial charge in [-0.2, -0.15) is 0 Å². The van der Waals surface area contributed by atoms with Gasteiger partial charge in [0.05, 0.1) is 12.9 Å². The third-order valence-electron chi connectivity index (χ3n) is 7.60. The highest BCUT2D eigenvalue weighted by Gasteiger charge is 2.48. The SMILES string of the molecule is Nc1nc(C#CCC2CCN(C(=O)OC3CNC3=O)CC2)nc2c1ncn2[C@@H]1O[C@H](C(=O)NC2CC2)[C@H](O)C1O. The first-order valence-corrected chi connectivity index (χ1v) is 13.3. The van der Waals surface area contributed by atoms with Crippen molar-refractivity contribution in [2.75, 3.05) is 25.4 Å². The number of carbonyl (C=O) groups is 3. The minimum Gasteiger partial charge on any atom is -0.434 e. The molecule has 1 saturated carbocycles. The number of nitrogens with one attached hydrogen (secondary N) is 2. The summed E-state index contributed by atoms with van der Waals surface area (Å²) in [5.74, 6) is 5.78. The molecule has 0 aromatic carbocycles. The van der Waals surface area contributed by atoms with Gasteiger partial charge in [-0.15, -0.1) is 0 Å². The molecule has 0 spiro atoms. The Morgan fingerprint density at radius 2 is 1.98 bits per heavy atom. The van der Waals surface area contributed by atoms with Crippen LogP contribution in [0.1, 0.15) is 44.2 Å². The summed E-state index contributed by atoms with van der Waals surface area (Å²) in [7, 11) is 0. The van der Waals surface area contributed by atoms with Crippen LogP contribution in [0.25, 0.3) is 11.2 Å². The van der Waals surface area contributed by atoms with Crippen LogP contribution < -0.4 is 16.4 Å². The third kappa shape index (κ3) is 5.12. The number of rotatable bonds is 5. The van der Waals surface area contributed by atoms with Crippen LogP contribution in [0.4, 0.5) is 10.6 Å². The fourth-order valence-electron chi connectivity index (χ4n) is 4.95. The van der Waals surface area contributed by atoms with E-state index in [9.17, 15) is 24.6 Å². The Kier molecular flexibility index (Phi) is 6.90. The second-order valence-electron chi connectivity index (χ2n) is 10.5. The predicted molar refractivity (Wildman–Crippen MR) is 136 cm³/mol. The zero-order valence-corrected chi connectivity index (χ0v) is 21.5. The van der Waals surface area contributed by atoms with Crippen molar-refractivity contribution >= 4 is 34.9 Å². The summed E-state index contributed by atoms with van der Waals surface area (Å²) in [4.78, 5) is 50.5. The molecule has 6 rings (SSSR count). The number of aromatic nitrogens is 4. The van der Waals surface area contributed by atoms with Crippen LogP contribution in [0.15, 0.2) is 6.33 Å². The minimum atomic E-state index is -1.43. The summed E-state index contributed by atoms with van der Waals surface area (Å²) >= 11 is 0. The first kappa shape index (κ1) is 26.2. The lowest BCUT2D eigenvalue weighted by molar-refractivity contribution is -0.138. The number of hydrogen-bond acceptors (Lipinski definition) is 11. The van der Waals surface area contributed by atoms with Gasteiger partial charge < -0.3 is 41.0 Å². The van der Waals surface area contributed by atoms with E-state index in [4.69, 9.17) is 15.2 Å². The second kappa shape index (κ2) is 10.5. The Bertz CT molecular complexity index is 1390. The molecule has 5 heterocycles. The number of imidazole rings is 1. The van der Waals surface area contributed by atoms with Crippen LogP contribution in [0, 0.1) is 17.8 Å². The zero-order valence-electron chi connectivity index (χ0n) is 21.5. The number of β-lactam (4-membered cyclic amide) rings is 1. The zero-order chi connectivity index (χ0) is 28.0. The number of aliphatic hydroxyl groups is 2. The van der Waals surface area contributed by atoms with Crippen molar-refractivity contribution in [1.29, 1.82) is 0 Å². The maximum Gasteiger partial charge on any atom is 0.410 e. The normalized spacial score (nSPS) is 28.4. The maximum atomic E-state index is 12.5. The van der Waals surface area contributed by atoms with Gasteiger partial charge in [-0.1, -0.05) is 5.92 Å². The molecule has 2 unspecified atom stereocenters. The standard InChI is InChI=1S/C25H30N8O7/c26-20-16-21(33(11-28-16)24-18(35)17(34)19(40-24)23(37)29-13-4-5-13)31-15(30-20)3-1-2-12-6-8-32(9-7-12)25(38)39-14-10-27-22(14)36/h11-14,17-19,24,34-35H,2,4-10H2,(H,27,36)(H,29,37)(H2,26,30,31)/t14?,17-,18?,19+,24-/m1/s1. The van der Waals surface area contributed by atoms with Crippen molar-refractivity contribution < 1.29 is 34.1 Å². The number of nitrogens with zero attached hydrogens (tertiary/aromatic N) is 5. The molecule has 4 aliphatic rings. The Hall–Kier alpha value is -4.00. The number of anilines is 1. The number of likely N-dealkylation sites (tertiary alicyclic amines) is 1. The molecule has 15 heteroatoms. The smallest absolute Gasteiger partial charge is 0.410 e. The summed E-state index contributed by atoms with van der Waals surface area (Å²) in [5.41, 5.74) is 6.63. The van der Waals surface area contributed by atoms with E-state index in [1.54, 1.807) is 4.90 Å². The van der Waals surface area contributed by atoms with Gasteiger partial charge in [0.15, 0.2) is 29.9 Å². The summed E-state index contributed by atoms with van der Waals surface area (Å²) in [5, 5.41) is 26.4.